The van der Waals surface area contributed by atoms with Gasteiger partial charge < -0.3 is 15.7 Å². The first kappa shape index (κ1) is 13.1. The van der Waals surface area contributed by atoms with Gasteiger partial charge in [0.05, 0.1) is 12.1 Å². The molecule has 1 aromatic carbocycles. The first-order chi connectivity index (χ1) is 8.65. The molecule has 3 N–H and O–H groups in total. The van der Waals surface area contributed by atoms with Gasteiger partial charge >= 0.3 is 0 Å². The van der Waals surface area contributed by atoms with E-state index in [2.05, 4.69) is 0 Å². The van der Waals surface area contributed by atoms with E-state index in [0.29, 0.717) is 13.1 Å². The fourth-order valence-electron chi connectivity index (χ4n) is 2.26. The van der Waals surface area contributed by atoms with Crippen molar-refractivity contribution in [3.05, 3.63) is 35.9 Å². The molecule has 0 atom stereocenters. The predicted octanol–water partition coefficient (Wildman–Crippen LogP) is 0.889. The highest BCUT2D eigenvalue weighted by molar-refractivity contribution is 5.87. The number of rotatable bonds is 5. The topological polar surface area (TPSA) is 66.6 Å². The smallest absolute Gasteiger partial charge is 0.243 e. The normalized spacial score (nSPS) is 17.0. The second kappa shape index (κ2) is 5.50. The van der Waals surface area contributed by atoms with Gasteiger partial charge in [-0.25, -0.2) is 0 Å². The van der Waals surface area contributed by atoms with Crippen molar-refractivity contribution >= 4 is 5.91 Å². The van der Waals surface area contributed by atoms with Crippen LogP contribution >= 0.6 is 0 Å². The summed E-state index contributed by atoms with van der Waals surface area (Å²) < 4.78 is 0. The number of aliphatic hydroxyl groups excluding tert-OH is 1. The second-order valence-corrected chi connectivity index (χ2v) is 4.95. The summed E-state index contributed by atoms with van der Waals surface area (Å²) in [6, 6.07) is 9.78. The molecule has 4 heteroatoms. The lowest BCUT2D eigenvalue weighted by Crippen LogP contribution is -2.59. The van der Waals surface area contributed by atoms with E-state index in [1.165, 1.54) is 0 Å². The van der Waals surface area contributed by atoms with E-state index in [1.807, 2.05) is 30.3 Å². The van der Waals surface area contributed by atoms with E-state index in [1.54, 1.807) is 4.90 Å². The quantitative estimate of drug-likeness (QED) is 0.813. The monoisotopic (exact) mass is 248 g/mol. The molecule has 1 fully saturated rings. The summed E-state index contributed by atoms with van der Waals surface area (Å²) in [5.74, 6) is -0.0355. The number of nitrogens with zero attached hydrogens (tertiary/aromatic N) is 1. The summed E-state index contributed by atoms with van der Waals surface area (Å²) >= 11 is 0. The van der Waals surface area contributed by atoms with E-state index in [-0.39, 0.29) is 12.5 Å². The SMILES string of the molecule is NC1(C(=O)N(CCO)Cc2ccccc2)CCC1. The Kier molecular flexibility index (Phi) is 3.99. The number of amides is 1. The summed E-state index contributed by atoms with van der Waals surface area (Å²) in [6.45, 7) is 0.820. The number of hydrogen-bond acceptors (Lipinski definition) is 3. The molecular weight excluding hydrogens is 228 g/mol. The van der Waals surface area contributed by atoms with E-state index < -0.39 is 5.54 Å². The van der Waals surface area contributed by atoms with Crippen molar-refractivity contribution in [3.8, 4) is 0 Å². The van der Waals surface area contributed by atoms with Gasteiger partial charge in [-0.15, -0.1) is 0 Å². The van der Waals surface area contributed by atoms with Crippen LogP contribution in [0.5, 0.6) is 0 Å². The first-order valence-corrected chi connectivity index (χ1v) is 6.39. The Morgan fingerprint density at radius 2 is 2.00 bits per heavy atom. The molecule has 0 radical (unpaired) electrons. The predicted molar refractivity (Wildman–Crippen MR) is 69.7 cm³/mol. The molecule has 0 aliphatic heterocycles. The van der Waals surface area contributed by atoms with Crippen LogP contribution in [0.4, 0.5) is 0 Å². The second-order valence-electron chi connectivity index (χ2n) is 4.95. The zero-order chi connectivity index (χ0) is 13.0. The lowest BCUT2D eigenvalue weighted by atomic mass is 9.76. The number of benzene rings is 1. The molecule has 2 rings (SSSR count). The summed E-state index contributed by atoms with van der Waals surface area (Å²) in [5.41, 5.74) is 6.43. The standard InChI is InChI=1S/C14H20N2O2/c15-14(7-4-8-14)13(18)16(9-10-17)11-12-5-2-1-3-6-12/h1-3,5-6,17H,4,7-11,15H2. The molecule has 4 nitrogen and oxygen atoms in total. The Hall–Kier alpha value is -1.39. The van der Waals surface area contributed by atoms with Crippen molar-refractivity contribution in [1.29, 1.82) is 0 Å². The van der Waals surface area contributed by atoms with Crippen molar-refractivity contribution in [2.75, 3.05) is 13.2 Å². The molecule has 0 unspecified atom stereocenters. The van der Waals surface area contributed by atoms with E-state index in [4.69, 9.17) is 10.8 Å². The maximum Gasteiger partial charge on any atom is 0.243 e. The van der Waals surface area contributed by atoms with Crippen LogP contribution in [0.25, 0.3) is 0 Å². The van der Waals surface area contributed by atoms with Crippen LogP contribution < -0.4 is 5.73 Å². The summed E-state index contributed by atoms with van der Waals surface area (Å²) in [6.07, 6.45) is 2.52. The largest absolute Gasteiger partial charge is 0.395 e. The van der Waals surface area contributed by atoms with Crippen LogP contribution in [0, 0.1) is 0 Å². The van der Waals surface area contributed by atoms with Gasteiger partial charge in [0.25, 0.3) is 0 Å². The molecule has 1 saturated carbocycles. The zero-order valence-corrected chi connectivity index (χ0v) is 10.5. The maximum absolute atomic E-state index is 12.3. The van der Waals surface area contributed by atoms with E-state index >= 15 is 0 Å². The highest BCUT2D eigenvalue weighted by atomic mass is 16.3. The maximum atomic E-state index is 12.3. The van der Waals surface area contributed by atoms with E-state index in [9.17, 15) is 4.79 Å². The van der Waals surface area contributed by atoms with Gasteiger partial charge in [0.1, 0.15) is 0 Å². The van der Waals surface area contributed by atoms with Crippen LogP contribution in [-0.4, -0.2) is 34.6 Å². The molecule has 98 valence electrons. The van der Waals surface area contributed by atoms with Gasteiger partial charge in [0.15, 0.2) is 0 Å². The number of nitrogens with two attached hydrogens (primary N) is 1. The molecule has 0 aromatic heterocycles. The molecule has 0 spiro atoms. The van der Waals surface area contributed by atoms with Crippen molar-refractivity contribution in [2.24, 2.45) is 5.73 Å². The molecule has 0 heterocycles. The van der Waals surface area contributed by atoms with Gasteiger partial charge in [-0.05, 0) is 24.8 Å². The van der Waals surface area contributed by atoms with Crippen molar-refractivity contribution in [2.45, 2.75) is 31.3 Å². The molecule has 0 bridgehead atoms. The van der Waals surface area contributed by atoms with Crippen LogP contribution in [0.3, 0.4) is 0 Å². The summed E-state index contributed by atoms with van der Waals surface area (Å²) in [5, 5.41) is 9.09. The Balaban J connectivity index is 2.06. The Bertz CT molecular complexity index is 402. The van der Waals surface area contributed by atoms with Gasteiger partial charge in [0.2, 0.25) is 5.91 Å². The minimum Gasteiger partial charge on any atom is -0.395 e. The van der Waals surface area contributed by atoms with Gasteiger partial charge in [-0.1, -0.05) is 30.3 Å². The number of carbonyl (C=O) groups excluding carboxylic acids is 1. The first-order valence-electron chi connectivity index (χ1n) is 6.39. The van der Waals surface area contributed by atoms with Crippen molar-refractivity contribution < 1.29 is 9.90 Å². The average molecular weight is 248 g/mol. The van der Waals surface area contributed by atoms with Crippen LogP contribution in [0.1, 0.15) is 24.8 Å². The van der Waals surface area contributed by atoms with Crippen molar-refractivity contribution in [1.82, 2.24) is 4.90 Å². The fourth-order valence-corrected chi connectivity index (χ4v) is 2.26. The average Bonchev–Trinajstić information content (AvgIpc) is 2.36. The molecule has 0 saturated heterocycles. The number of aliphatic hydroxyl groups is 1. The number of hydrogen-bond donors (Lipinski definition) is 2. The highest BCUT2D eigenvalue weighted by Gasteiger charge is 2.42. The third kappa shape index (κ3) is 2.71. The lowest BCUT2D eigenvalue weighted by Gasteiger charge is -2.40. The van der Waals surface area contributed by atoms with E-state index in [0.717, 1.165) is 24.8 Å². The summed E-state index contributed by atoms with van der Waals surface area (Å²) in [7, 11) is 0. The molecule has 18 heavy (non-hydrogen) atoms. The molecule has 1 aliphatic carbocycles. The van der Waals surface area contributed by atoms with Gasteiger partial charge in [-0.2, -0.15) is 0 Å². The summed E-state index contributed by atoms with van der Waals surface area (Å²) in [4.78, 5) is 14.0. The molecule has 1 amide bonds. The van der Waals surface area contributed by atoms with Gasteiger partial charge in [-0.3, -0.25) is 4.79 Å². The Labute approximate surface area is 107 Å². The minimum absolute atomic E-state index is 0.0331. The third-order valence-corrected chi connectivity index (χ3v) is 3.55. The van der Waals surface area contributed by atoms with Crippen molar-refractivity contribution in [3.63, 3.8) is 0 Å². The zero-order valence-electron chi connectivity index (χ0n) is 10.5. The number of carbonyl (C=O) groups is 1. The molecular formula is C14H20N2O2. The van der Waals surface area contributed by atoms with Gasteiger partial charge in [0, 0.05) is 13.1 Å². The lowest BCUT2D eigenvalue weighted by molar-refractivity contribution is -0.141. The molecule has 1 aliphatic rings. The molecule has 1 aromatic rings. The van der Waals surface area contributed by atoms with Crippen LogP contribution in [-0.2, 0) is 11.3 Å². The third-order valence-electron chi connectivity index (χ3n) is 3.55. The Morgan fingerprint density at radius 1 is 1.33 bits per heavy atom. The Morgan fingerprint density at radius 3 is 2.50 bits per heavy atom. The minimum atomic E-state index is -0.691. The van der Waals surface area contributed by atoms with Crippen LogP contribution in [0.2, 0.25) is 0 Å². The van der Waals surface area contributed by atoms with Crippen LogP contribution in [0.15, 0.2) is 30.3 Å². The fraction of sp³-hybridized carbons (Fsp3) is 0.500. The highest BCUT2D eigenvalue weighted by Crippen LogP contribution is 2.31.